The first kappa shape index (κ1) is 12.3. The summed E-state index contributed by atoms with van der Waals surface area (Å²) in [5.41, 5.74) is 0.915. The Morgan fingerprint density at radius 3 is 2.75 bits per heavy atom. The average Bonchev–Trinajstić information content (AvgIpc) is 2.75. The van der Waals surface area contributed by atoms with E-state index in [1.807, 2.05) is 13.0 Å². The largest absolute Gasteiger partial charge is 0.360 e. The molecular weight excluding hydrogens is 356 g/mol. The third kappa shape index (κ3) is 3.16. The van der Waals surface area contributed by atoms with Crippen LogP contribution >= 0.6 is 43.2 Å². The van der Waals surface area contributed by atoms with E-state index >= 15 is 0 Å². The Balaban J connectivity index is 1.84. The van der Waals surface area contributed by atoms with Crippen molar-refractivity contribution in [2.45, 2.75) is 20.0 Å². The van der Waals surface area contributed by atoms with Gasteiger partial charge >= 0.3 is 0 Å². The average molecular weight is 366 g/mol. The molecule has 0 aromatic carbocycles. The molecule has 0 atom stereocenters. The monoisotopic (exact) mass is 364 g/mol. The van der Waals surface area contributed by atoms with E-state index in [0.717, 1.165) is 26.3 Å². The van der Waals surface area contributed by atoms with Gasteiger partial charge in [0, 0.05) is 22.0 Å². The summed E-state index contributed by atoms with van der Waals surface area (Å²) in [7, 11) is 0. The molecule has 3 nitrogen and oxygen atoms in total. The zero-order valence-corrected chi connectivity index (χ0v) is 12.6. The lowest BCUT2D eigenvalue weighted by atomic mass is 10.4. The molecule has 6 heteroatoms. The molecule has 0 bridgehead atoms. The second kappa shape index (κ2) is 5.44. The van der Waals surface area contributed by atoms with Gasteiger partial charge in [0.1, 0.15) is 0 Å². The number of aryl methyl sites for hydroxylation is 1. The van der Waals surface area contributed by atoms with Crippen molar-refractivity contribution >= 4 is 43.2 Å². The minimum absolute atomic E-state index is 0.702. The quantitative estimate of drug-likeness (QED) is 0.893. The zero-order valence-electron chi connectivity index (χ0n) is 8.59. The van der Waals surface area contributed by atoms with Crippen LogP contribution in [0.4, 0.5) is 0 Å². The van der Waals surface area contributed by atoms with Crippen LogP contribution in [0.15, 0.2) is 24.9 Å². The Hall–Kier alpha value is -0.170. The highest BCUT2D eigenvalue weighted by atomic mass is 79.9. The molecule has 0 aliphatic rings. The Kier molecular flexibility index (Phi) is 4.18. The van der Waals surface area contributed by atoms with E-state index in [2.05, 4.69) is 48.4 Å². The van der Waals surface area contributed by atoms with Gasteiger partial charge in [0.2, 0.25) is 0 Å². The van der Waals surface area contributed by atoms with E-state index in [0.29, 0.717) is 6.54 Å². The number of nitrogens with zero attached hydrogens (tertiary/aromatic N) is 1. The molecule has 0 amide bonds. The molecule has 86 valence electrons. The fourth-order valence-electron chi connectivity index (χ4n) is 1.29. The van der Waals surface area contributed by atoms with E-state index in [1.54, 1.807) is 11.3 Å². The van der Waals surface area contributed by atoms with Crippen LogP contribution in [-0.4, -0.2) is 5.16 Å². The van der Waals surface area contributed by atoms with E-state index in [1.165, 1.54) is 4.88 Å². The van der Waals surface area contributed by atoms with Crippen molar-refractivity contribution in [2.24, 2.45) is 0 Å². The van der Waals surface area contributed by atoms with Gasteiger partial charge in [-0.1, -0.05) is 5.16 Å². The molecule has 0 aliphatic heterocycles. The van der Waals surface area contributed by atoms with Crippen molar-refractivity contribution in [2.75, 3.05) is 0 Å². The Bertz CT molecular complexity index is 461. The van der Waals surface area contributed by atoms with Crippen molar-refractivity contribution < 1.29 is 4.52 Å². The number of hydrogen-bond donors (Lipinski definition) is 1. The second-order valence-electron chi connectivity index (χ2n) is 3.37. The molecule has 2 aromatic heterocycles. The molecule has 0 unspecified atom stereocenters. The van der Waals surface area contributed by atoms with Gasteiger partial charge in [-0.25, -0.2) is 0 Å². The molecule has 16 heavy (non-hydrogen) atoms. The lowest BCUT2D eigenvalue weighted by molar-refractivity contribution is 0.369. The number of halogens is 2. The van der Waals surface area contributed by atoms with Gasteiger partial charge < -0.3 is 9.84 Å². The van der Waals surface area contributed by atoms with E-state index in [4.69, 9.17) is 4.52 Å². The number of rotatable bonds is 4. The third-order valence-electron chi connectivity index (χ3n) is 1.97. The van der Waals surface area contributed by atoms with Crippen LogP contribution in [0.2, 0.25) is 0 Å². The summed E-state index contributed by atoms with van der Waals surface area (Å²) in [4.78, 5) is 1.27. The summed E-state index contributed by atoms with van der Waals surface area (Å²) in [6, 6.07) is 4.04. The molecular formula is C10H10Br2N2OS. The highest BCUT2D eigenvalue weighted by Gasteiger charge is 2.04. The first-order valence-corrected chi connectivity index (χ1v) is 7.12. The second-order valence-corrected chi connectivity index (χ2v) is 6.68. The molecule has 0 radical (unpaired) electrons. The summed E-state index contributed by atoms with van der Waals surface area (Å²) in [5.74, 6) is 0.868. The van der Waals surface area contributed by atoms with E-state index < -0.39 is 0 Å². The molecule has 2 rings (SSSR count). The third-order valence-corrected chi connectivity index (χ3v) is 5.23. The summed E-state index contributed by atoms with van der Waals surface area (Å²) in [5, 5.41) is 7.14. The molecule has 0 fully saturated rings. The minimum atomic E-state index is 0.702. The fourth-order valence-corrected chi connectivity index (χ4v) is 3.43. The lowest BCUT2D eigenvalue weighted by Crippen LogP contribution is -2.10. The highest BCUT2D eigenvalue weighted by Crippen LogP contribution is 2.32. The van der Waals surface area contributed by atoms with Crippen molar-refractivity contribution in [1.82, 2.24) is 10.5 Å². The first-order valence-electron chi connectivity index (χ1n) is 4.72. The summed E-state index contributed by atoms with van der Waals surface area (Å²) in [6.07, 6.45) is 0. The zero-order chi connectivity index (χ0) is 11.5. The Morgan fingerprint density at radius 1 is 1.38 bits per heavy atom. The number of thiophene rings is 1. The smallest absolute Gasteiger partial charge is 0.150 e. The van der Waals surface area contributed by atoms with Crippen LogP contribution < -0.4 is 5.32 Å². The maximum atomic E-state index is 5.10. The molecule has 1 N–H and O–H groups in total. The Labute approximate surface area is 114 Å². The summed E-state index contributed by atoms with van der Waals surface area (Å²) in [6.45, 7) is 3.45. The standard InChI is InChI=1S/C10H10Br2N2OS/c1-6-2-7(15-14-6)4-13-5-8-3-9(11)10(12)16-8/h2-3,13H,4-5H2,1H3. The maximum absolute atomic E-state index is 5.10. The summed E-state index contributed by atoms with van der Waals surface area (Å²) < 4.78 is 7.33. The maximum Gasteiger partial charge on any atom is 0.150 e. The van der Waals surface area contributed by atoms with Crippen LogP contribution in [-0.2, 0) is 13.1 Å². The van der Waals surface area contributed by atoms with Crippen LogP contribution in [0.25, 0.3) is 0 Å². The SMILES string of the molecule is Cc1cc(CNCc2cc(Br)c(Br)s2)on1. The van der Waals surface area contributed by atoms with Gasteiger partial charge in [0.15, 0.2) is 5.76 Å². The predicted molar refractivity (Wildman–Crippen MR) is 71.5 cm³/mol. The van der Waals surface area contributed by atoms with Crippen LogP contribution in [0.5, 0.6) is 0 Å². The van der Waals surface area contributed by atoms with Crippen molar-refractivity contribution in [3.8, 4) is 0 Å². The lowest BCUT2D eigenvalue weighted by Gasteiger charge is -1.98. The minimum Gasteiger partial charge on any atom is -0.360 e. The van der Waals surface area contributed by atoms with Crippen molar-refractivity contribution in [3.05, 3.63) is 36.7 Å². The molecule has 0 saturated carbocycles. The molecule has 0 spiro atoms. The molecule has 0 aliphatic carbocycles. The van der Waals surface area contributed by atoms with Gasteiger partial charge in [-0.3, -0.25) is 0 Å². The van der Waals surface area contributed by atoms with Gasteiger partial charge in [-0.05, 0) is 44.8 Å². The van der Waals surface area contributed by atoms with Crippen molar-refractivity contribution in [1.29, 1.82) is 0 Å². The van der Waals surface area contributed by atoms with Gasteiger partial charge in [-0.2, -0.15) is 0 Å². The summed E-state index contributed by atoms with van der Waals surface area (Å²) >= 11 is 8.65. The van der Waals surface area contributed by atoms with Gasteiger partial charge in [-0.15, -0.1) is 11.3 Å². The molecule has 2 aromatic rings. The Morgan fingerprint density at radius 2 is 2.19 bits per heavy atom. The topological polar surface area (TPSA) is 38.1 Å². The molecule has 0 saturated heterocycles. The highest BCUT2D eigenvalue weighted by molar-refractivity contribution is 9.13. The van der Waals surface area contributed by atoms with Gasteiger partial charge in [0.25, 0.3) is 0 Å². The fraction of sp³-hybridized carbons (Fsp3) is 0.300. The van der Waals surface area contributed by atoms with Gasteiger partial charge in [0.05, 0.1) is 16.0 Å². The molecule has 2 heterocycles. The predicted octanol–water partition coefficient (Wildman–Crippen LogP) is 3.86. The number of hydrogen-bond acceptors (Lipinski definition) is 4. The van der Waals surface area contributed by atoms with Crippen LogP contribution in [0, 0.1) is 6.92 Å². The van der Waals surface area contributed by atoms with Crippen LogP contribution in [0.3, 0.4) is 0 Å². The van der Waals surface area contributed by atoms with Crippen LogP contribution in [0.1, 0.15) is 16.3 Å². The normalized spacial score (nSPS) is 10.9. The van der Waals surface area contributed by atoms with E-state index in [9.17, 15) is 0 Å². The van der Waals surface area contributed by atoms with Crippen molar-refractivity contribution in [3.63, 3.8) is 0 Å². The first-order chi connectivity index (χ1) is 7.65. The number of aromatic nitrogens is 1. The number of nitrogens with one attached hydrogen (secondary N) is 1. The van der Waals surface area contributed by atoms with E-state index in [-0.39, 0.29) is 0 Å².